The molecule has 0 saturated carbocycles. The van der Waals surface area contributed by atoms with E-state index in [0.29, 0.717) is 26.1 Å². The lowest BCUT2D eigenvalue weighted by Crippen LogP contribution is -2.28. The average molecular weight is 357 g/mol. The Bertz CT molecular complexity index is 732. The first kappa shape index (κ1) is 19.4. The first-order chi connectivity index (χ1) is 12.6. The largest absolute Gasteiger partial charge is 0.497 e. The highest BCUT2D eigenvalue weighted by Gasteiger charge is 2.12. The van der Waals surface area contributed by atoms with Gasteiger partial charge < -0.3 is 20.1 Å². The van der Waals surface area contributed by atoms with Gasteiger partial charge in [0.15, 0.2) is 0 Å². The van der Waals surface area contributed by atoms with Crippen molar-refractivity contribution in [3.05, 3.63) is 59.4 Å². The molecule has 0 aliphatic carbocycles. The summed E-state index contributed by atoms with van der Waals surface area (Å²) in [5, 5.41) is 5.53. The van der Waals surface area contributed by atoms with Crippen LogP contribution in [0.2, 0.25) is 0 Å². The van der Waals surface area contributed by atoms with E-state index in [1.807, 2.05) is 24.3 Å². The highest BCUT2D eigenvalue weighted by atomic mass is 16.5. The number of hydrogen-bond acceptors (Lipinski definition) is 5. The summed E-state index contributed by atoms with van der Waals surface area (Å²) in [6.45, 7) is 1.42. The molecule has 7 nitrogen and oxygen atoms in total. The molecule has 0 radical (unpaired) electrons. The third-order valence-corrected chi connectivity index (χ3v) is 3.64. The van der Waals surface area contributed by atoms with Crippen LogP contribution in [0, 0.1) is 0 Å². The molecule has 2 rings (SSSR count). The fourth-order valence-corrected chi connectivity index (χ4v) is 2.21. The van der Waals surface area contributed by atoms with E-state index in [2.05, 4.69) is 15.6 Å². The van der Waals surface area contributed by atoms with Gasteiger partial charge in [-0.1, -0.05) is 18.2 Å². The molecular formula is C19H23N3O4. The molecule has 0 aliphatic rings. The maximum absolute atomic E-state index is 12.3. The van der Waals surface area contributed by atoms with E-state index in [1.165, 1.54) is 0 Å². The van der Waals surface area contributed by atoms with Crippen LogP contribution in [0.25, 0.3) is 0 Å². The van der Waals surface area contributed by atoms with Crippen molar-refractivity contribution in [3.63, 3.8) is 0 Å². The summed E-state index contributed by atoms with van der Waals surface area (Å²) in [5.74, 6) is 0.103. The van der Waals surface area contributed by atoms with E-state index in [-0.39, 0.29) is 23.2 Å². The molecule has 1 aromatic carbocycles. The van der Waals surface area contributed by atoms with E-state index in [4.69, 9.17) is 9.47 Å². The highest BCUT2D eigenvalue weighted by Crippen LogP contribution is 2.11. The topological polar surface area (TPSA) is 89.5 Å². The molecule has 0 spiro atoms. The van der Waals surface area contributed by atoms with Gasteiger partial charge in [0.25, 0.3) is 11.8 Å². The van der Waals surface area contributed by atoms with Crippen molar-refractivity contribution in [2.24, 2.45) is 0 Å². The maximum atomic E-state index is 12.3. The summed E-state index contributed by atoms with van der Waals surface area (Å²) in [6, 6.07) is 12.2. The van der Waals surface area contributed by atoms with Crippen LogP contribution in [0.4, 0.5) is 0 Å². The number of nitrogens with zero attached hydrogens (tertiary/aromatic N) is 1. The Labute approximate surface area is 152 Å². The molecular weight excluding hydrogens is 334 g/mol. The Morgan fingerprint density at radius 3 is 2.23 bits per heavy atom. The Kier molecular flexibility index (Phi) is 7.57. The van der Waals surface area contributed by atoms with Crippen molar-refractivity contribution < 1.29 is 19.1 Å². The number of pyridine rings is 1. The molecule has 0 aliphatic heterocycles. The van der Waals surface area contributed by atoms with Crippen LogP contribution in [0.3, 0.4) is 0 Å². The highest BCUT2D eigenvalue weighted by molar-refractivity contribution is 5.96. The molecule has 26 heavy (non-hydrogen) atoms. The second-order valence-electron chi connectivity index (χ2n) is 5.54. The summed E-state index contributed by atoms with van der Waals surface area (Å²) in [4.78, 5) is 28.5. The molecule has 2 amide bonds. The third-order valence-electron chi connectivity index (χ3n) is 3.64. The van der Waals surface area contributed by atoms with Crippen LogP contribution < -0.4 is 15.4 Å². The minimum Gasteiger partial charge on any atom is -0.497 e. The molecule has 2 N–H and O–H groups in total. The van der Waals surface area contributed by atoms with Crippen molar-refractivity contribution in [2.45, 2.75) is 13.0 Å². The van der Waals surface area contributed by atoms with Gasteiger partial charge in [0.1, 0.15) is 17.1 Å². The summed E-state index contributed by atoms with van der Waals surface area (Å²) in [5.41, 5.74) is 1.34. The van der Waals surface area contributed by atoms with Gasteiger partial charge in [-0.15, -0.1) is 0 Å². The van der Waals surface area contributed by atoms with Crippen molar-refractivity contribution in [1.29, 1.82) is 0 Å². The number of ether oxygens (including phenoxy) is 2. The number of amides is 2. The molecule has 2 aromatic rings. The number of hydrogen-bond donors (Lipinski definition) is 2. The quantitative estimate of drug-likeness (QED) is 0.668. The van der Waals surface area contributed by atoms with Crippen LogP contribution in [0.1, 0.15) is 33.0 Å². The smallest absolute Gasteiger partial charge is 0.270 e. The SMILES string of the molecule is COCCCNC(=O)c1cccc(C(=O)NCc2ccc(OC)cc2)n1. The van der Waals surface area contributed by atoms with Gasteiger partial charge in [-0.05, 0) is 36.2 Å². The summed E-state index contributed by atoms with van der Waals surface area (Å²) < 4.78 is 10.0. The fourth-order valence-electron chi connectivity index (χ4n) is 2.21. The van der Waals surface area contributed by atoms with E-state index in [1.54, 1.807) is 32.4 Å². The molecule has 1 aromatic heterocycles. The normalized spacial score (nSPS) is 10.2. The van der Waals surface area contributed by atoms with Gasteiger partial charge in [0.05, 0.1) is 7.11 Å². The lowest BCUT2D eigenvalue weighted by Gasteiger charge is -2.08. The average Bonchev–Trinajstić information content (AvgIpc) is 2.69. The molecule has 7 heteroatoms. The predicted octanol–water partition coefficient (Wildman–Crippen LogP) is 1.79. The number of methoxy groups -OCH3 is 2. The standard InChI is InChI=1S/C19H23N3O4/c1-25-12-4-11-20-18(23)16-5-3-6-17(22-16)19(24)21-13-14-7-9-15(26-2)10-8-14/h3,5-10H,4,11-13H2,1-2H3,(H,20,23)(H,21,24). The number of benzene rings is 1. The summed E-state index contributed by atoms with van der Waals surface area (Å²) in [6.07, 6.45) is 0.713. The van der Waals surface area contributed by atoms with Gasteiger partial charge in [-0.3, -0.25) is 9.59 Å². The molecule has 138 valence electrons. The lowest BCUT2D eigenvalue weighted by atomic mass is 10.2. The van der Waals surface area contributed by atoms with Gasteiger partial charge >= 0.3 is 0 Å². The maximum Gasteiger partial charge on any atom is 0.270 e. The third kappa shape index (κ3) is 5.86. The van der Waals surface area contributed by atoms with E-state index < -0.39 is 0 Å². The summed E-state index contributed by atoms with van der Waals surface area (Å²) >= 11 is 0. The zero-order valence-corrected chi connectivity index (χ0v) is 15.0. The predicted molar refractivity (Wildman–Crippen MR) is 97.2 cm³/mol. The number of aromatic nitrogens is 1. The molecule has 0 fully saturated rings. The van der Waals surface area contributed by atoms with Gasteiger partial charge in [-0.25, -0.2) is 4.98 Å². The number of nitrogens with one attached hydrogen (secondary N) is 2. The Morgan fingerprint density at radius 2 is 1.62 bits per heavy atom. The van der Waals surface area contributed by atoms with Gasteiger partial charge in [0.2, 0.25) is 0 Å². The van der Waals surface area contributed by atoms with Crippen LogP contribution in [0.15, 0.2) is 42.5 Å². The van der Waals surface area contributed by atoms with Gasteiger partial charge in [0, 0.05) is 26.8 Å². The Morgan fingerprint density at radius 1 is 0.962 bits per heavy atom. The fraction of sp³-hybridized carbons (Fsp3) is 0.316. The second-order valence-corrected chi connectivity index (χ2v) is 5.54. The van der Waals surface area contributed by atoms with E-state index in [0.717, 1.165) is 11.3 Å². The number of carbonyl (C=O) groups is 2. The molecule has 0 atom stereocenters. The Balaban J connectivity index is 1.91. The second kappa shape index (κ2) is 10.1. The van der Waals surface area contributed by atoms with Crippen LogP contribution in [0.5, 0.6) is 5.75 Å². The van der Waals surface area contributed by atoms with Crippen molar-refractivity contribution in [1.82, 2.24) is 15.6 Å². The molecule has 1 heterocycles. The molecule has 0 saturated heterocycles. The zero-order valence-electron chi connectivity index (χ0n) is 15.0. The van der Waals surface area contributed by atoms with Crippen molar-refractivity contribution in [3.8, 4) is 5.75 Å². The van der Waals surface area contributed by atoms with Crippen LogP contribution in [-0.4, -0.2) is 44.2 Å². The van der Waals surface area contributed by atoms with Crippen LogP contribution >= 0.6 is 0 Å². The van der Waals surface area contributed by atoms with Crippen LogP contribution in [-0.2, 0) is 11.3 Å². The Hall–Kier alpha value is -2.93. The van der Waals surface area contributed by atoms with Crippen molar-refractivity contribution in [2.75, 3.05) is 27.4 Å². The first-order valence-electron chi connectivity index (χ1n) is 8.29. The van der Waals surface area contributed by atoms with E-state index in [9.17, 15) is 9.59 Å². The van der Waals surface area contributed by atoms with Crippen molar-refractivity contribution >= 4 is 11.8 Å². The molecule has 0 bridgehead atoms. The number of rotatable bonds is 9. The monoisotopic (exact) mass is 357 g/mol. The van der Waals surface area contributed by atoms with Gasteiger partial charge in [-0.2, -0.15) is 0 Å². The number of carbonyl (C=O) groups excluding carboxylic acids is 2. The minimum atomic E-state index is -0.338. The first-order valence-corrected chi connectivity index (χ1v) is 8.29. The minimum absolute atomic E-state index is 0.197. The molecule has 0 unspecified atom stereocenters. The zero-order chi connectivity index (χ0) is 18.8. The summed E-state index contributed by atoms with van der Waals surface area (Å²) in [7, 11) is 3.21. The van der Waals surface area contributed by atoms with E-state index >= 15 is 0 Å². The lowest BCUT2D eigenvalue weighted by molar-refractivity contribution is 0.0940.